The van der Waals surface area contributed by atoms with Crippen LogP contribution in [0.1, 0.15) is 28.5 Å². The number of carbonyl (C=O) groups is 1. The molecule has 5 nitrogen and oxygen atoms in total. The highest BCUT2D eigenvalue weighted by atomic mass is 79.9. The lowest BCUT2D eigenvalue weighted by atomic mass is 9.98. The largest absolute Gasteiger partial charge is 0.330 e. The van der Waals surface area contributed by atoms with Gasteiger partial charge in [0.15, 0.2) is 0 Å². The number of nitrogens with zero attached hydrogens (tertiary/aromatic N) is 3. The van der Waals surface area contributed by atoms with Crippen molar-refractivity contribution in [1.82, 2.24) is 14.5 Å². The van der Waals surface area contributed by atoms with Crippen LogP contribution in [0.5, 0.6) is 0 Å². The highest BCUT2D eigenvalue weighted by Gasteiger charge is 2.32. The van der Waals surface area contributed by atoms with Crippen LogP contribution in [0.15, 0.2) is 45.7 Å². The fourth-order valence-electron chi connectivity index (χ4n) is 3.57. The summed E-state index contributed by atoms with van der Waals surface area (Å²) >= 11 is 28.1. The van der Waals surface area contributed by atoms with Gasteiger partial charge in [0.1, 0.15) is 0 Å². The molecule has 1 aliphatic heterocycles. The quantitative estimate of drug-likeness (QED) is 0.350. The predicted molar refractivity (Wildman–Crippen MR) is 127 cm³/mol. The monoisotopic (exact) mass is 559 g/mol. The Morgan fingerprint density at radius 3 is 2.48 bits per heavy atom. The van der Waals surface area contributed by atoms with E-state index in [2.05, 4.69) is 20.9 Å². The summed E-state index contributed by atoms with van der Waals surface area (Å²) in [6.45, 7) is 2.03. The van der Waals surface area contributed by atoms with Crippen LogP contribution >= 0.6 is 62.3 Å². The molecule has 4 rings (SSSR count). The number of halogens is 5. The Labute approximate surface area is 206 Å². The molecule has 0 saturated carbocycles. The summed E-state index contributed by atoms with van der Waals surface area (Å²) in [5.41, 5.74) is 1.52. The van der Waals surface area contributed by atoms with Crippen LogP contribution in [-0.2, 0) is 13.0 Å². The van der Waals surface area contributed by atoms with Gasteiger partial charge in [0.2, 0.25) is 5.28 Å². The summed E-state index contributed by atoms with van der Waals surface area (Å²) in [6.07, 6.45) is 0.333. The molecule has 0 aliphatic carbocycles. The molecule has 0 N–H and O–H groups in total. The van der Waals surface area contributed by atoms with E-state index in [-0.39, 0.29) is 29.3 Å². The first-order chi connectivity index (χ1) is 14.7. The Balaban J connectivity index is 1.74. The Morgan fingerprint density at radius 2 is 1.81 bits per heavy atom. The molecule has 3 aromatic rings. The Hall–Kier alpha value is -1.57. The first kappa shape index (κ1) is 22.6. The van der Waals surface area contributed by atoms with E-state index in [1.165, 1.54) is 10.6 Å². The molecule has 1 aromatic heterocycles. The third-order valence-electron chi connectivity index (χ3n) is 5.15. The van der Waals surface area contributed by atoms with Crippen LogP contribution in [-0.4, -0.2) is 26.4 Å². The summed E-state index contributed by atoms with van der Waals surface area (Å²) in [4.78, 5) is 32.4. The molecule has 10 heteroatoms. The Kier molecular flexibility index (Phi) is 6.39. The molecule has 1 atom stereocenters. The lowest BCUT2D eigenvalue weighted by Crippen LogP contribution is -2.45. The number of amides is 1. The first-order valence-electron chi connectivity index (χ1n) is 9.19. The van der Waals surface area contributed by atoms with Gasteiger partial charge in [-0.3, -0.25) is 9.59 Å². The van der Waals surface area contributed by atoms with E-state index >= 15 is 0 Å². The van der Waals surface area contributed by atoms with Crippen molar-refractivity contribution >= 4 is 68.2 Å². The second-order valence-electron chi connectivity index (χ2n) is 7.16. The lowest BCUT2D eigenvalue weighted by Gasteiger charge is -2.34. The number of hydrogen-bond donors (Lipinski definition) is 0. The van der Waals surface area contributed by atoms with Gasteiger partial charge in [0.05, 0.1) is 33.0 Å². The van der Waals surface area contributed by atoms with E-state index in [1.54, 1.807) is 35.2 Å². The fourth-order valence-corrected chi connectivity index (χ4v) is 4.89. The second kappa shape index (κ2) is 8.75. The zero-order valence-corrected chi connectivity index (χ0v) is 20.6. The third kappa shape index (κ3) is 4.24. The molecule has 2 heterocycles. The smallest absolute Gasteiger partial charge is 0.262 e. The van der Waals surface area contributed by atoms with Crippen LogP contribution in [0.3, 0.4) is 0 Å². The van der Waals surface area contributed by atoms with Gasteiger partial charge in [-0.25, -0.2) is 9.55 Å². The zero-order valence-electron chi connectivity index (χ0n) is 16.0. The van der Waals surface area contributed by atoms with Gasteiger partial charge in [-0.05, 0) is 61.3 Å². The van der Waals surface area contributed by atoms with Crippen LogP contribution in [0, 0.1) is 0 Å². The molecule has 1 aliphatic rings. The molecule has 0 unspecified atom stereocenters. The Morgan fingerprint density at radius 1 is 1.06 bits per heavy atom. The standard InChI is InChI=1S/C21H14BrCl4N3O2/c1-10-6-13-17(9-28(10)19(30)11-2-4-14(23)15(24)7-11)27-21(26)29(20(13)31)18-5-3-12(22)8-16(18)25/h2-5,7-8,10H,6,9H2,1H3/t10-/m1/s1. The van der Waals surface area contributed by atoms with Crippen LogP contribution in [0.2, 0.25) is 20.4 Å². The van der Waals surface area contributed by atoms with Gasteiger partial charge in [0.25, 0.3) is 11.5 Å². The normalized spacial score (nSPS) is 15.7. The van der Waals surface area contributed by atoms with Crippen molar-refractivity contribution in [3.05, 3.63) is 88.4 Å². The van der Waals surface area contributed by atoms with Gasteiger partial charge < -0.3 is 4.90 Å². The molecule has 0 saturated heterocycles. The fraction of sp³-hybridized carbons (Fsp3) is 0.190. The van der Waals surface area contributed by atoms with E-state index in [1.807, 2.05) is 6.92 Å². The number of aromatic nitrogens is 2. The molecule has 0 fully saturated rings. The molecule has 0 radical (unpaired) electrons. The number of fused-ring (bicyclic) bond motifs is 1. The van der Waals surface area contributed by atoms with Crippen molar-refractivity contribution in [2.75, 3.05) is 0 Å². The summed E-state index contributed by atoms with van der Waals surface area (Å²) < 4.78 is 2.07. The van der Waals surface area contributed by atoms with Crippen molar-refractivity contribution in [1.29, 1.82) is 0 Å². The zero-order chi connectivity index (χ0) is 22.4. The summed E-state index contributed by atoms with van der Waals surface area (Å²) in [5.74, 6) is -0.227. The van der Waals surface area contributed by atoms with Crippen molar-refractivity contribution < 1.29 is 4.79 Å². The molecule has 0 spiro atoms. The SMILES string of the molecule is C[C@@H]1Cc2c(nc(Cl)n(-c3ccc(Br)cc3Cl)c2=O)CN1C(=O)c1ccc(Cl)c(Cl)c1. The minimum Gasteiger partial charge on any atom is -0.330 e. The van der Waals surface area contributed by atoms with Crippen LogP contribution < -0.4 is 5.56 Å². The molecule has 0 bridgehead atoms. The van der Waals surface area contributed by atoms with Crippen molar-refractivity contribution in [2.45, 2.75) is 25.9 Å². The molecule has 160 valence electrons. The van der Waals surface area contributed by atoms with E-state index < -0.39 is 0 Å². The van der Waals surface area contributed by atoms with Gasteiger partial charge in [-0.2, -0.15) is 0 Å². The van der Waals surface area contributed by atoms with E-state index in [0.717, 1.165) is 4.47 Å². The Bertz CT molecular complexity index is 1280. The molecule has 2 aromatic carbocycles. The molecular weight excluding hydrogens is 548 g/mol. The average Bonchev–Trinajstić information content (AvgIpc) is 2.71. The van der Waals surface area contributed by atoms with Crippen LogP contribution in [0.4, 0.5) is 0 Å². The van der Waals surface area contributed by atoms with E-state index in [4.69, 9.17) is 46.4 Å². The number of hydrogen-bond acceptors (Lipinski definition) is 3. The van der Waals surface area contributed by atoms with Gasteiger partial charge >= 0.3 is 0 Å². The number of carbonyl (C=O) groups excluding carboxylic acids is 1. The maximum absolute atomic E-state index is 13.3. The van der Waals surface area contributed by atoms with Gasteiger partial charge in [-0.15, -0.1) is 0 Å². The van der Waals surface area contributed by atoms with E-state index in [0.29, 0.717) is 44.0 Å². The van der Waals surface area contributed by atoms with Gasteiger partial charge in [-0.1, -0.05) is 50.7 Å². The van der Waals surface area contributed by atoms with Crippen molar-refractivity contribution in [3.63, 3.8) is 0 Å². The maximum atomic E-state index is 13.3. The number of rotatable bonds is 2. The predicted octanol–water partition coefficient (Wildman–Crippen LogP) is 6.20. The summed E-state index contributed by atoms with van der Waals surface area (Å²) in [7, 11) is 0. The second-order valence-corrected chi connectivity index (χ2v) is 9.63. The third-order valence-corrected chi connectivity index (χ3v) is 6.94. The van der Waals surface area contributed by atoms with Crippen molar-refractivity contribution in [3.8, 4) is 5.69 Å². The summed E-state index contributed by atoms with van der Waals surface area (Å²) in [6, 6.07) is 9.63. The minimum absolute atomic E-state index is 0.0236. The highest BCUT2D eigenvalue weighted by Crippen LogP contribution is 2.29. The molecule has 1 amide bonds. The number of benzene rings is 2. The maximum Gasteiger partial charge on any atom is 0.262 e. The minimum atomic E-state index is -0.298. The molecule has 31 heavy (non-hydrogen) atoms. The molecular formula is C21H14BrCl4N3O2. The highest BCUT2D eigenvalue weighted by molar-refractivity contribution is 9.10. The van der Waals surface area contributed by atoms with Gasteiger partial charge in [0, 0.05) is 21.6 Å². The van der Waals surface area contributed by atoms with Crippen molar-refractivity contribution in [2.24, 2.45) is 0 Å². The summed E-state index contributed by atoms with van der Waals surface area (Å²) in [5, 5.41) is 1.01. The van der Waals surface area contributed by atoms with Crippen LogP contribution in [0.25, 0.3) is 5.69 Å². The lowest BCUT2D eigenvalue weighted by molar-refractivity contribution is 0.0653. The average molecular weight is 562 g/mol. The first-order valence-corrected chi connectivity index (χ1v) is 11.5. The van der Waals surface area contributed by atoms with E-state index in [9.17, 15) is 9.59 Å². The topological polar surface area (TPSA) is 55.2 Å².